The predicted octanol–water partition coefficient (Wildman–Crippen LogP) is 2.69. The van der Waals surface area contributed by atoms with Crippen molar-refractivity contribution in [2.75, 3.05) is 6.54 Å². The molecule has 1 saturated carbocycles. The Kier molecular flexibility index (Phi) is 4.25. The lowest BCUT2D eigenvalue weighted by Crippen LogP contribution is -2.44. The molecule has 3 N–H and O–H groups in total. The molecule has 3 heteroatoms. The molecule has 0 aromatic heterocycles. The van der Waals surface area contributed by atoms with Crippen LogP contribution in [-0.2, 0) is 4.79 Å². The van der Waals surface area contributed by atoms with Crippen LogP contribution in [-0.4, -0.2) is 12.5 Å². The van der Waals surface area contributed by atoms with E-state index in [2.05, 4.69) is 36.5 Å². The lowest BCUT2D eigenvalue weighted by atomic mass is 9.85. The molecule has 3 nitrogen and oxygen atoms in total. The van der Waals surface area contributed by atoms with Crippen molar-refractivity contribution in [3.8, 4) is 0 Å². The van der Waals surface area contributed by atoms with Crippen molar-refractivity contribution >= 4 is 5.91 Å². The molecule has 104 valence electrons. The number of amides is 1. The summed E-state index contributed by atoms with van der Waals surface area (Å²) in [4.78, 5) is 12.5. The lowest BCUT2D eigenvalue weighted by Gasteiger charge is -2.28. The normalized spacial score (nSPS) is 19.1. The van der Waals surface area contributed by atoms with Gasteiger partial charge in [0.05, 0.1) is 11.5 Å². The average molecular weight is 260 g/mol. The maximum absolute atomic E-state index is 12.5. The van der Waals surface area contributed by atoms with E-state index in [-0.39, 0.29) is 17.4 Å². The second-order valence-electron chi connectivity index (χ2n) is 5.80. The molecule has 2 rings (SSSR count). The van der Waals surface area contributed by atoms with Crippen LogP contribution in [0.5, 0.6) is 0 Å². The van der Waals surface area contributed by atoms with Crippen LogP contribution in [0.25, 0.3) is 0 Å². The van der Waals surface area contributed by atoms with E-state index in [1.807, 2.05) is 6.92 Å². The monoisotopic (exact) mass is 260 g/mol. The molecule has 1 unspecified atom stereocenters. The van der Waals surface area contributed by atoms with Crippen LogP contribution in [0.4, 0.5) is 0 Å². The zero-order chi connectivity index (χ0) is 13.9. The molecular formula is C16H24N2O. The molecule has 19 heavy (non-hydrogen) atoms. The molecule has 1 aromatic carbocycles. The van der Waals surface area contributed by atoms with Crippen LogP contribution < -0.4 is 11.1 Å². The average Bonchev–Trinajstić information content (AvgIpc) is 2.89. The minimum atomic E-state index is -0.320. The van der Waals surface area contributed by atoms with Crippen LogP contribution in [0.15, 0.2) is 24.3 Å². The van der Waals surface area contributed by atoms with Gasteiger partial charge in [0.15, 0.2) is 0 Å². The first kappa shape index (κ1) is 14.1. The summed E-state index contributed by atoms with van der Waals surface area (Å²) in [6, 6.07) is 8.34. The van der Waals surface area contributed by atoms with Gasteiger partial charge in [-0.3, -0.25) is 4.79 Å². The van der Waals surface area contributed by atoms with E-state index >= 15 is 0 Å². The van der Waals surface area contributed by atoms with E-state index in [1.54, 1.807) is 0 Å². The standard InChI is InChI=1S/C16H24N2O/c1-12-5-7-14(8-6-12)13(2)18-15(19)16(11-17)9-3-4-10-16/h5-8,13H,3-4,9-11,17H2,1-2H3,(H,18,19). The van der Waals surface area contributed by atoms with Crippen LogP contribution >= 0.6 is 0 Å². The van der Waals surface area contributed by atoms with Crippen molar-refractivity contribution in [1.29, 1.82) is 0 Å². The van der Waals surface area contributed by atoms with Gasteiger partial charge in [0.2, 0.25) is 5.91 Å². The third-order valence-corrected chi connectivity index (χ3v) is 4.36. The smallest absolute Gasteiger partial charge is 0.227 e. The minimum Gasteiger partial charge on any atom is -0.349 e. The van der Waals surface area contributed by atoms with Crippen molar-refractivity contribution in [3.05, 3.63) is 35.4 Å². The Morgan fingerprint density at radius 3 is 2.42 bits per heavy atom. The van der Waals surface area contributed by atoms with Gasteiger partial charge in [-0.05, 0) is 32.3 Å². The summed E-state index contributed by atoms with van der Waals surface area (Å²) in [5.74, 6) is 0.126. The summed E-state index contributed by atoms with van der Waals surface area (Å²) in [5.41, 5.74) is 7.90. The molecule has 0 radical (unpaired) electrons. The number of nitrogens with one attached hydrogen (secondary N) is 1. The van der Waals surface area contributed by atoms with Crippen molar-refractivity contribution in [3.63, 3.8) is 0 Å². The predicted molar refractivity (Wildman–Crippen MR) is 77.7 cm³/mol. The number of nitrogens with two attached hydrogens (primary N) is 1. The van der Waals surface area contributed by atoms with Gasteiger partial charge in [-0.2, -0.15) is 0 Å². The Morgan fingerprint density at radius 2 is 1.89 bits per heavy atom. The Hall–Kier alpha value is -1.35. The lowest BCUT2D eigenvalue weighted by molar-refractivity contribution is -0.131. The molecule has 1 aromatic rings. The van der Waals surface area contributed by atoms with Crippen molar-refractivity contribution < 1.29 is 4.79 Å². The number of hydrogen-bond donors (Lipinski definition) is 2. The molecule has 1 aliphatic rings. The Balaban J connectivity index is 2.04. The zero-order valence-electron chi connectivity index (χ0n) is 11.9. The van der Waals surface area contributed by atoms with Gasteiger partial charge in [-0.15, -0.1) is 0 Å². The van der Waals surface area contributed by atoms with Crippen LogP contribution in [0.3, 0.4) is 0 Å². The number of rotatable bonds is 4. The van der Waals surface area contributed by atoms with Gasteiger partial charge in [0.1, 0.15) is 0 Å². The first-order valence-corrected chi connectivity index (χ1v) is 7.15. The maximum atomic E-state index is 12.5. The molecule has 0 bridgehead atoms. The van der Waals surface area contributed by atoms with Gasteiger partial charge in [0, 0.05) is 6.54 Å². The molecule has 1 aliphatic carbocycles. The van der Waals surface area contributed by atoms with E-state index < -0.39 is 0 Å². The molecule has 1 amide bonds. The SMILES string of the molecule is Cc1ccc(C(C)NC(=O)C2(CN)CCCC2)cc1. The molecular weight excluding hydrogens is 236 g/mol. The molecule has 0 spiro atoms. The van der Waals surface area contributed by atoms with Crippen LogP contribution in [0, 0.1) is 12.3 Å². The summed E-state index contributed by atoms with van der Waals surface area (Å²) >= 11 is 0. The van der Waals surface area contributed by atoms with Crippen molar-refractivity contribution in [1.82, 2.24) is 5.32 Å². The van der Waals surface area contributed by atoms with Crippen LogP contribution in [0.1, 0.15) is 49.8 Å². The van der Waals surface area contributed by atoms with Gasteiger partial charge in [-0.1, -0.05) is 42.7 Å². The fourth-order valence-corrected chi connectivity index (χ4v) is 2.86. The Labute approximate surface area is 115 Å². The van der Waals surface area contributed by atoms with Gasteiger partial charge in [-0.25, -0.2) is 0 Å². The third kappa shape index (κ3) is 2.98. The zero-order valence-corrected chi connectivity index (χ0v) is 11.9. The van der Waals surface area contributed by atoms with E-state index in [4.69, 9.17) is 5.73 Å². The van der Waals surface area contributed by atoms with E-state index in [0.717, 1.165) is 31.2 Å². The van der Waals surface area contributed by atoms with E-state index in [0.29, 0.717) is 6.54 Å². The highest BCUT2D eigenvalue weighted by atomic mass is 16.2. The first-order valence-electron chi connectivity index (χ1n) is 7.15. The highest BCUT2D eigenvalue weighted by molar-refractivity contribution is 5.83. The van der Waals surface area contributed by atoms with Gasteiger partial charge < -0.3 is 11.1 Å². The van der Waals surface area contributed by atoms with Crippen molar-refractivity contribution in [2.45, 2.75) is 45.6 Å². The molecule has 0 saturated heterocycles. The molecule has 0 heterocycles. The van der Waals surface area contributed by atoms with E-state index in [9.17, 15) is 4.79 Å². The summed E-state index contributed by atoms with van der Waals surface area (Å²) in [7, 11) is 0. The fraction of sp³-hybridized carbons (Fsp3) is 0.562. The highest BCUT2D eigenvalue weighted by Gasteiger charge is 2.40. The molecule has 0 aliphatic heterocycles. The summed E-state index contributed by atoms with van der Waals surface area (Å²) < 4.78 is 0. The Morgan fingerprint density at radius 1 is 1.32 bits per heavy atom. The second kappa shape index (κ2) is 5.74. The van der Waals surface area contributed by atoms with Gasteiger partial charge in [0.25, 0.3) is 0 Å². The Bertz CT molecular complexity index is 433. The minimum absolute atomic E-state index is 0.0390. The topological polar surface area (TPSA) is 55.1 Å². The number of hydrogen-bond acceptors (Lipinski definition) is 2. The maximum Gasteiger partial charge on any atom is 0.227 e. The van der Waals surface area contributed by atoms with Gasteiger partial charge >= 0.3 is 0 Å². The number of carbonyl (C=O) groups excluding carboxylic acids is 1. The fourth-order valence-electron chi connectivity index (χ4n) is 2.86. The molecule has 1 atom stereocenters. The summed E-state index contributed by atoms with van der Waals surface area (Å²) in [6.45, 7) is 4.55. The number of benzene rings is 1. The number of aryl methyl sites for hydroxylation is 1. The largest absolute Gasteiger partial charge is 0.349 e. The highest BCUT2D eigenvalue weighted by Crippen LogP contribution is 2.37. The number of carbonyl (C=O) groups is 1. The van der Waals surface area contributed by atoms with Crippen LogP contribution in [0.2, 0.25) is 0 Å². The van der Waals surface area contributed by atoms with Crippen molar-refractivity contribution in [2.24, 2.45) is 11.1 Å². The first-order chi connectivity index (χ1) is 9.07. The summed E-state index contributed by atoms with van der Waals surface area (Å²) in [6.07, 6.45) is 4.08. The summed E-state index contributed by atoms with van der Waals surface area (Å²) in [5, 5.41) is 3.13. The second-order valence-corrected chi connectivity index (χ2v) is 5.80. The third-order valence-electron chi connectivity index (χ3n) is 4.36. The molecule has 1 fully saturated rings. The van der Waals surface area contributed by atoms with E-state index in [1.165, 1.54) is 5.56 Å². The quantitative estimate of drug-likeness (QED) is 0.874.